The second-order valence-electron chi connectivity index (χ2n) is 35.8. The number of para-hydroxylation sites is 1. The number of aryl methyl sites for hydroxylation is 11. The second kappa shape index (κ2) is 43.5. The lowest BCUT2D eigenvalue weighted by Gasteiger charge is -2.21. The molecular formula is C133H124OS. The van der Waals surface area contributed by atoms with Gasteiger partial charge in [0.2, 0.25) is 0 Å². The summed E-state index contributed by atoms with van der Waals surface area (Å²) < 4.78 is 8.51. The van der Waals surface area contributed by atoms with E-state index in [0.29, 0.717) is 0 Å². The highest BCUT2D eigenvalue weighted by Crippen LogP contribution is 2.49. The molecule has 135 heavy (non-hydrogen) atoms. The van der Waals surface area contributed by atoms with Crippen LogP contribution in [0, 0.1) is 76.2 Å². The molecule has 0 amide bonds. The molecule has 0 spiro atoms. The quantitative estimate of drug-likeness (QED) is 0.124. The number of fused-ring (bicyclic) bond motifs is 18. The van der Waals surface area contributed by atoms with Gasteiger partial charge in [-0.2, -0.15) is 0 Å². The fourth-order valence-electron chi connectivity index (χ4n) is 18.9. The third-order valence-electron chi connectivity index (χ3n) is 25.4. The highest BCUT2D eigenvalue weighted by Gasteiger charge is 2.35. The lowest BCUT2D eigenvalue weighted by molar-refractivity contribution is 0.660. The first-order valence-corrected chi connectivity index (χ1v) is 46.8. The zero-order chi connectivity index (χ0) is 91.4. The van der Waals surface area contributed by atoms with Gasteiger partial charge in [0, 0.05) is 36.4 Å². The first kappa shape index (κ1) is 96.0. The number of hydrogen-bond donors (Lipinski definition) is 0. The maximum Gasteiger partial charge on any atom is 0.135 e. The number of rotatable bonds is 2. The molecule has 0 atom stereocenters. The molecule has 2 heteroatoms. The maximum atomic E-state index is 5.73. The lowest BCUT2D eigenvalue weighted by Crippen LogP contribution is -2.14. The molecule has 0 bridgehead atoms. The molecule has 668 valence electrons. The van der Waals surface area contributed by atoms with Gasteiger partial charge in [0.15, 0.2) is 0 Å². The lowest BCUT2D eigenvalue weighted by atomic mass is 9.82. The molecule has 0 saturated carbocycles. The Kier molecular flexibility index (Phi) is 31.0. The van der Waals surface area contributed by atoms with Crippen molar-refractivity contribution in [3.63, 3.8) is 0 Å². The predicted octanol–water partition coefficient (Wildman–Crippen LogP) is 39.6. The van der Waals surface area contributed by atoms with Crippen molar-refractivity contribution in [2.45, 2.75) is 118 Å². The van der Waals surface area contributed by atoms with Crippen LogP contribution in [0.5, 0.6) is 0 Å². The van der Waals surface area contributed by atoms with Crippen molar-refractivity contribution >= 4 is 140 Å². The van der Waals surface area contributed by atoms with Crippen LogP contribution in [-0.4, -0.2) is 0 Å². The molecule has 1 aliphatic carbocycles. The van der Waals surface area contributed by atoms with Gasteiger partial charge in [0.25, 0.3) is 0 Å². The van der Waals surface area contributed by atoms with Gasteiger partial charge >= 0.3 is 0 Å². The van der Waals surface area contributed by atoms with Crippen LogP contribution in [-0.2, 0) is 5.41 Å². The average Bonchev–Trinajstić information content (AvgIpc) is 1.58. The SMILES string of the molecule is C.C.C.Cc1c2ccccc2cc2ccccc12.Cc1cc(-c2ccccc2)cc(-c2ccccc2)c1.Cc1cc(C)cc(C)c1.Cc1ccc2c(c1)-c1ccccc1C2(C)C.Cc1ccc2cc3ccccc3cc2c1.Cc1ccc2ccc3ccccc3c2c1.Cc1cccc2cc3ccccc3cc12.Cc1cccc2oc3ccccc3c12.Cc1cccc2sc3ccccc3c12. The van der Waals surface area contributed by atoms with E-state index < -0.39 is 0 Å². The van der Waals surface area contributed by atoms with Crippen molar-refractivity contribution in [3.8, 4) is 33.4 Å². The van der Waals surface area contributed by atoms with Crippen molar-refractivity contribution in [2.75, 3.05) is 0 Å². The summed E-state index contributed by atoms with van der Waals surface area (Å²) in [6.07, 6.45) is 0. The summed E-state index contributed by atoms with van der Waals surface area (Å²) in [7, 11) is 0. The molecule has 2 heterocycles. The summed E-state index contributed by atoms with van der Waals surface area (Å²) in [5.74, 6) is 0. The van der Waals surface area contributed by atoms with E-state index >= 15 is 0 Å². The molecule has 0 fully saturated rings. The van der Waals surface area contributed by atoms with Crippen LogP contribution >= 0.6 is 11.3 Å². The largest absolute Gasteiger partial charge is 0.456 e. The Hall–Kier alpha value is -15.1. The normalized spacial score (nSPS) is 11.2. The Morgan fingerprint density at radius 1 is 0.193 bits per heavy atom. The molecule has 1 nitrogen and oxygen atoms in total. The van der Waals surface area contributed by atoms with E-state index in [-0.39, 0.29) is 27.7 Å². The number of benzene rings is 22. The molecule has 25 rings (SSSR count). The first-order chi connectivity index (χ1) is 64.2. The molecule has 2 aromatic heterocycles. The highest BCUT2D eigenvalue weighted by molar-refractivity contribution is 7.25. The zero-order valence-corrected chi connectivity index (χ0v) is 78.8. The number of furan rings is 1. The maximum absolute atomic E-state index is 5.73. The third kappa shape index (κ3) is 22.2. The van der Waals surface area contributed by atoms with Crippen molar-refractivity contribution in [2.24, 2.45) is 0 Å². The fourth-order valence-corrected chi connectivity index (χ4v) is 20.0. The van der Waals surface area contributed by atoms with E-state index in [1.165, 1.54) is 223 Å². The summed E-state index contributed by atoms with van der Waals surface area (Å²) >= 11 is 1.88. The van der Waals surface area contributed by atoms with E-state index in [1.807, 2.05) is 41.7 Å². The van der Waals surface area contributed by atoms with Gasteiger partial charge < -0.3 is 4.42 Å². The van der Waals surface area contributed by atoms with Crippen LogP contribution in [0.1, 0.15) is 108 Å². The van der Waals surface area contributed by atoms with Crippen molar-refractivity contribution in [1.29, 1.82) is 0 Å². The Morgan fingerprint density at radius 2 is 0.570 bits per heavy atom. The van der Waals surface area contributed by atoms with Crippen LogP contribution in [0.3, 0.4) is 0 Å². The molecule has 24 aromatic rings. The molecular weight excluding hydrogens is 1650 g/mol. The minimum atomic E-state index is 0. The van der Waals surface area contributed by atoms with Gasteiger partial charge in [0.05, 0.1) is 0 Å². The number of thiophene rings is 1. The predicted molar refractivity (Wildman–Crippen MR) is 599 cm³/mol. The fraction of sp³-hybridized carbons (Fsp3) is 0.128. The van der Waals surface area contributed by atoms with E-state index in [9.17, 15) is 0 Å². The second-order valence-corrected chi connectivity index (χ2v) is 36.9. The van der Waals surface area contributed by atoms with Crippen molar-refractivity contribution < 1.29 is 4.42 Å². The summed E-state index contributed by atoms with van der Waals surface area (Å²) in [6.45, 7) is 28.2. The van der Waals surface area contributed by atoms with E-state index in [2.05, 4.69) is 503 Å². The molecule has 0 N–H and O–H groups in total. The van der Waals surface area contributed by atoms with Gasteiger partial charge in [-0.05, 0) is 295 Å². The molecule has 1 aliphatic rings. The minimum absolute atomic E-state index is 0. The van der Waals surface area contributed by atoms with Gasteiger partial charge in [-0.3, -0.25) is 0 Å². The van der Waals surface area contributed by atoms with Crippen LogP contribution in [0.15, 0.2) is 447 Å². The first-order valence-electron chi connectivity index (χ1n) is 46.0. The van der Waals surface area contributed by atoms with Gasteiger partial charge in [0.1, 0.15) is 11.2 Å². The van der Waals surface area contributed by atoms with Crippen molar-refractivity contribution in [3.05, 3.63) is 515 Å². The van der Waals surface area contributed by atoms with E-state index in [4.69, 9.17) is 4.42 Å². The summed E-state index contributed by atoms with van der Waals surface area (Å²) in [5, 5.41) is 26.6. The Morgan fingerprint density at radius 3 is 1.19 bits per heavy atom. The molecule has 0 unspecified atom stereocenters. The number of hydrogen-bond acceptors (Lipinski definition) is 2. The minimum Gasteiger partial charge on any atom is -0.456 e. The zero-order valence-electron chi connectivity index (χ0n) is 78.0. The third-order valence-corrected chi connectivity index (χ3v) is 26.5. The van der Waals surface area contributed by atoms with Gasteiger partial charge in [-0.1, -0.05) is 452 Å². The Bertz CT molecular complexity index is 7920. The topological polar surface area (TPSA) is 13.1 Å². The standard InChI is InChI=1S/C19H16.C16H16.4C15H12.C13H10O.C13H10S.C9H12.3CH4/c1-15-12-18(16-8-4-2-5-9-16)14-19(13-15)17-10-6-3-7-11-17;1-11-8-9-15-13(10-11)12-6-4-5-7-14(12)16(15,2)3;1-11-14-8-4-2-6-12(14)10-13-7-3-5-9-15(11)13;1-11-5-4-8-14-9-12-6-2-3-7-13(12)10-15(11)14;1-11-6-7-14-9-12-4-2-3-5-13(12)10-15(14)8-11;1-11-6-7-13-9-8-12-4-2-3-5-14(12)15(13)10-11;2*1-9-5-4-8-12-13(9)10-6-2-3-7-11(10)14-12;1-7-4-8(2)6-9(3)5-7;;;/h2-14H,1H3;4-10H,1-3H3;4*2-10H,1H3;2*2-8H,1H3;4-6H,1-3H3;3*1H4. The van der Waals surface area contributed by atoms with E-state index in [1.54, 1.807) is 0 Å². The summed E-state index contributed by atoms with van der Waals surface area (Å²) in [5.41, 5.74) is 27.6. The molecule has 22 aromatic carbocycles. The van der Waals surface area contributed by atoms with Crippen LogP contribution in [0.2, 0.25) is 0 Å². The summed E-state index contributed by atoms with van der Waals surface area (Å²) in [6, 6.07) is 157. The molecule has 0 aliphatic heterocycles. The van der Waals surface area contributed by atoms with E-state index in [0.717, 1.165) is 11.2 Å². The highest BCUT2D eigenvalue weighted by atomic mass is 32.1. The summed E-state index contributed by atoms with van der Waals surface area (Å²) in [4.78, 5) is 0. The Labute approximate surface area is 804 Å². The Balaban J connectivity index is 0.000000122. The molecule has 0 saturated heterocycles. The average molecular weight is 1770 g/mol. The van der Waals surface area contributed by atoms with Gasteiger partial charge in [-0.25, -0.2) is 0 Å². The van der Waals surface area contributed by atoms with Crippen LogP contribution in [0.25, 0.3) is 162 Å². The monoisotopic (exact) mass is 1770 g/mol. The van der Waals surface area contributed by atoms with Crippen LogP contribution in [0.4, 0.5) is 0 Å². The van der Waals surface area contributed by atoms with Crippen LogP contribution < -0.4 is 0 Å². The molecule has 0 radical (unpaired) electrons. The van der Waals surface area contributed by atoms with Crippen molar-refractivity contribution in [1.82, 2.24) is 0 Å². The van der Waals surface area contributed by atoms with Gasteiger partial charge in [-0.15, -0.1) is 11.3 Å². The smallest absolute Gasteiger partial charge is 0.135 e.